The van der Waals surface area contributed by atoms with E-state index in [1.54, 1.807) is 11.3 Å². The first-order chi connectivity index (χ1) is 8.79. The lowest BCUT2D eigenvalue weighted by Crippen LogP contribution is -2.19. The van der Waals surface area contributed by atoms with Gasteiger partial charge in [-0.25, -0.2) is 0 Å². The molecule has 1 aromatic rings. The normalized spacial score (nSPS) is 19.0. The van der Waals surface area contributed by atoms with E-state index in [4.69, 9.17) is 0 Å². The van der Waals surface area contributed by atoms with Crippen LogP contribution in [0, 0.1) is 5.92 Å². The second-order valence-electron chi connectivity index (χ2n) is 5.42. The average molecular weight is 267 g/mol. The minimum Gasteiger partial charge on any atom is -0.308 e. The van der Waals surface area contributed by atoms with E-state index in [0.717, 1.165) is 30.3 Å². The van der Waals surface area contributed by atoms with Crippen molar-refractivity contribution in [3.05, 3.63) is 10.0 Å². The van der Waals surface area contributed by atoms with Crippen LogP contribution in [0.5, 0.6) is 0 Å². The van der Waals surface area contributed by atoms with Gasteiger partial charge in [0.15, 0.2) is 0 Å². The van der Waals surface area contributed by atoms with E-state index < -0.39 is 0 Å². The molecule has 1 atom stereocenters. The van der Waals surface area contributed by atoms with Crippen LogP contribution in [0.1, 0.15) is 68.4 Å². The third kappa shape index (κ3) is 4.02. The van der Waals surface area contributed by atoms with Gasteiger partial charge >= 0.3 is 0 Å². The Bertz CT molecular complexity index is 345. The zero-order valence-electron chi connectivity index (χ0n) is 11.6. The molecule has 0 bridgehead atoms. The number of rotatable bonds is 6. The molecule has 1 aromatic heterocycles. The van der Waals surface area contributed by atoms with Gasteiger partial charge in [-0.05, 0) is 25.8 Å². The van der Waals surface area contributed by atoms with Crippen molar-refractivity contribution >= 4 is 11.3 Å². The lowest BCUT2D eigenvalue weighted by atomic mass is 9.87. The first kappa shape index (κ1) is 13.9. The van der Waals surface area contributed by atoms with Gasteiger partial charge in [-0.1, -0.05) is 50.4 Å². The van der Waals surface area contributed by atoms with Crippen molar-refractivity contribution in [2.24, 2.45) is 5.92 Å². The molecule has 4 heteroatoms. The van der Waals surface area contributed by atoms with Crippen molar-refractivity contribution in [2.75, 3.05) is 6.54 Å². The molecule has 0 amide bonds. The zero-order valence-corrected chi connectivity index (χ0v) is 12.4. The van der Waals surface area contributed by atoms with Gasteiger partial charge in [-0.2, -0.15) is 0 Å². The van der Waals surface area contributed by atoms with Crippen LogP contribution < -0.4 is 5.32 Å². The fraction of sp³-hybridized carbons (Fsp3) is 0.857. The van der Waals surface area contributed by atoms with Gasteiger partial charge in [-0.15, -0.1) is 10.2 Å². The van der Waals surface area contributed by atoms with Crippen LogP contribution in [-0.4, -0.2) is 16.7 Å². The second kappa shape index (κ2) is 7.19. The van der Waals surface area contributed by atoms with E-state index in [-0.39, 0.29) is 0 Å². The predicted octanol–water partition coefficient (Wildman–Crippen LogP) is 3.72. The highest BCUT2D eigenvalue weighted by Gasteiger charge is 2.17. The highest BCUT2D eigenvalue weighted by Crippen LogP contribution is 2.28. The van der Waals surface area contributed by atoms with Crippen LogP contribution >= 0.6 is 11.3 Å². The molecule has 1 fully saturated rings. The average Bonchev–Trinajstić information content (AvgIpc) is 2.86. The highest BCUT2D eigenvalue weighted by atomic mass is 32.1. The SMILES string of the molecule is CCCNC(C)c1nnc(CC2CCCCC2)s1. The molecule has 0 saturated heterocycles. The Kier molecular flexibility index (Phi) is 5.57. The largest absolute Gasteiger partial charge is 0.308 e. The molecule has 1 heterocycles. The first-order valence-electron chi connectivity index (χ1n) is 7.35. The molecule has 1 saturated carbocycles. The second-order valence-corrected chi connectivity index (χ2v) is 6.51. The molecule has 102 valence electrons. The Morgan fingerprint density at radius 1 is 1.28 bits per heavy atom. The summed E-state index contributed by atoms with van der Waals surface area (Å²) in [6.45, 7) is 5.42. The zero-order chi connectivity index (χ0) is 12.8. The summed E-state index contributed by atoms with van der Waals surface area (Å²) in [7, 11) is 0. The maximum absolute atomic E-state index is 4.37. The summed E-state index contributed by atoms with van der Waals surface area (Å²) in [5.41, 5.74) is 0. The molecule has 2 rings (SSSR count). The summed E-state index contributed by atoms with van der Waals surface area (Å²) in [4.78, 5) is 0. The first-order valence-corrected chi connectivity index (χ1v) is 8.17. The lowest BCUT2D eigenvalue weighted by molar-refractivity contribution is 0.356. The van der Waals surface area contributed by atoms with Gasteiger partial charge in [0.1, 0.15) is 10.0 Å². The van der Waals surface area contributed by atoms with Gasteiger partial charge in [0.2, 0.25) is 0 Å². The van der Waals surface area contributed by atoms with Crippen LogP contribution in [0.15, 0.2) is 0 Å². The van der Waals surface area contributed by atoms with Gasteiger partial charge in [0.25, 0.3) is 0 Å². The smallest absolute Gasteiger partial charge is 0.134 e. The fourth-order valence-electron chi connectivity index (χ4n) is 2.61. The summed E-state index contributed by atoms with van der Waals surface area (Å²) in [6, 6.07) is 0.350. The van der Waals surface area contributed by atoms with E-state index in [2.05, 4.69) is 29.4 Å². The number of nitrogens with one attached hydrogen (secondary N) is 1. The van der Waals surface area contributed by atoms with Gasteiger partial charge in [-0.3, -0.25) is 0 Å². The quantitative estimate of drug-likeness (QED) is 0.853. The molecule has 3 nitrogen and oxygen atoms in total. The number of nitrogens with zero attached hydrogens (tertiary/aromatic N) is 2. The molecular formula is C14H25N3S. The molecule has 18 heavy (non-hydrogen) atoms. The lowest BCUT2D eigenvalue weighted by Gasteiger charge is -2.19. The van der Waals surface area contributed by atoms with E-state index in [9.17, 15) is 0 Å². The summed E-state index contributed by atoms with van der Waals surface area (Å²) in [5, 5.41) is 14.6. The summed E-state index contributed by atoms with van der Waals surface area (Å²) < 4.78 is 0. The van der Waals surface area contributed by atoms with Crippen LogP contribution in [0.4, 0.5) is 0 Å². The van der Waals surface area contributed by atoms with E-state index >= 15 is 0 Å². The van der Waals surface area contributed by atoms with E-state index in [1.165, 1.54) is 37.1 Å². The van der Waals surface area contributed by atoms with Crippen LogP contribution in [0.3, 0.4) is 0 Å². The molecule has 0 aromatic carbocycles. The minimum atomic E-state index is 0.350. The molecule has 1 unspecified atom stereocenters. The minimum absolute atomic E-state index is 0.350. The number of hydrogen-bond acceptors (Lipinski definition) is 4. The molecule has 1 N–H and O–H groups in total. The van der Waals surface area contributed by atoms with Gasteiger partial charge in [0, 0.05) is 6.42 Å². The Labute approximate surface area is 114 Å². The Hall–Kier alpha value is -0.480. The van der Waals surface area contributed by atoms with Crippen molar-refractivity contribution in [2.45, 2.75) is 64.8 Å². The molecule has 1 aliphatic carbocycles. The third-order valence-electron chi connectivity index (χ3n) is 3.74. The Morgan fingerprint density at radius 3 is 2.78 bits per heavy atom. The van der Waals surface area contributed by atoms with Crippen LogP contribution in [0.25, 0.3) is 0 Å². The molecular weight excluding hydrogens is 242 g/mol. The predicted molar refractivity (Wildman–Crippen MR) is 76.9 cm³/mol. The molecule has 0 spiro atoms. The number of aromatic nitrogens is 2. The van der Waals surface area contributed by atoms with Gasteiger partial charge in [0.05, 0.1) is 6.04 Å². The summed E-state index contributed by atoms with van der Waals surface area (Å²) in [6.07, 6.45) is 9.33. The molecule has 0 aliphatic heterocycles. The maximum atomic E-state index is 4.37. The number of hydrogen-bond donors (Lipinski definition) is 1. The third-order valence-corrected chi connectivity index (χ3v) is 4.87. The van der Waals surface area contributed by atoms with E-state index in [0.29, 0.717) is 6.04 Å². The monoisotopic (exact) mass is 267 g/mol. The Morgan fingerprint density at radius 2 is 2.06 bits per heavy atom. The summed E-state index contributed by atoms with van der Waals surface area (Å²) in [5.74, 6) is 0.860. The summed E-state index contributed by atoms with van der Waals surface area (Å²) >= 11 is 1.80. The highest BCUT2D eigenvalue weighted by molar-refractivity contribution is 7.11. The van der Waals surface area contributed by atoms with Crippen molar-refractivity contribution in [1.29, 1.82) is 0 Å². The maximum Gasteiger partial charge on any atom is 0.134 e. The van der Waals surface area contributed by atoms with Crippen LogP contribution in [-0.2, 0) is 6.42 Å². The van der Waals surface area contributed by atoms with Crippen molar-refractivity contribution < 1.29 is 0 Å². The molecule has 0 radical (unpaired) electrons. The molecule has 1 aliphatic rings. The van der Waals surface area contributed by atoms with E-state index in [1.807, 2.05) is 0 Å². The van der Waals surface area contributed by atoms with Crippen LogP contribution in [0.2, 0.25) is 0 Å². The van der Waals surface area contributed by atoms with Crippen molar-refractivity contribution in [1.82, 2.24) is 15.5 Å². The van der Waals surface area contributed by atoms with Crippen molar-refractivity contribution in [3.63, 3.8) is 0 Å². The van der Waals surface area contributed by atoms with Crippen molar-refractivity contribution in [3.8, 4) is 0 Å². The van der Waals surface area contributed by atoms with Gasteiger partial charge < -0.3 is 5.32 Å². The standard InChI is InChI=1S/C14H25N3S/c1-3-9-15-11(2)14-17-16-13(18-14)10-12-7-5-4-6-8-12/h11-12,15H,3-10H2,1-2H3. The fourth-order valence-corrected chi connectivity index (χ4v) is 3.59. The Balaban J connectivity index is 1.84. The topological polar surface area (TPSA) is 37.8 Å².